The van der Waals surface area contributed by atoms with Crippen LogP contribution in [0.2, 0.25) is 10.0 Å². The molecule has 2 aromatic carbocycles. The molecule has 3 heterocycles. The van der Waals surface area contributed by atoms with E-state index in [1.165, 1.54) is 6.42 Å². The first-order chi connectivity index (χ1) is 19.4. The predicted octanol–water partition coefficient (Wildman–Crippen LogP) is 6.81. The second-order valence-electron chi connectivity index (χ2n) is 11.8. The molecule has 0 aliphatic carbocycles. The van der Waals surface area contributed by atoms with Crippen LogP contribution in [0.1, 0.15) is 79.6 Å². The minimum atomic E-state index is -0.488. The number of nitrogens with zero attached hydrogens (tertiary/aromatic N) is 3. The highest BCUT2D eigenvalue weighted by Crippen LogP contribution is 2.38. The molecule has 10 heteroatoms. The van der Waals surface area contributed by atoms with E-state index in [9.17, 15) is 9.59 Å². The molecule has 5 rings (SSSR count). The number of primary amides is 1. The Morgan fingerprint density at radius 3 is 2.19 bits per heavy atom. The number of nitrogens with two attached hydrogens (primary N) is 1. The van der Waals surface area contributed by atoms with Gasteiger partial charge in [-0.15, -0.1) is 24.8 Å². The number of carbonyl (C=O) groups is 2. The molecule has 0 bridgehead atoms. The first-order valence-corrected chi connectivity index (χ1v) is 15.7. The van der Waals surface area contributed by atoms with Crippen molar-refractivity contribution in [2.45, 2.75) is 75.3 Å². The quantitative estimate of drug-likeness (QED) is 0.339. The standard InChI is InChI=1S/C32H42Cl2N4O2.2ClH/c33-27-14-13-25(23-28(27)34)26-11-7-20-38(30(39)24-9-3-1-4-10-24)29(26)12-8-17-36-21-15-32(16-22-36,31(35)40)37-18-5-2-6-19-37;;/h1,3-4,9-10,13-14,23,26,29H,2,5-8,11-12,15-22H2,(H2,35,40);2*1H. The third-order valence-corrected chi connectivity index (χ3v) is 10.2. The molecule has 2 aromatic rings. The van der Waals surface area contributed by atoms with Gasteiger partial charge in [0.05, 0.1) is 10.0 Å². The Hall–Kier alpha value is -1.54. The number of hydrogen-bond acceptors (Lipinski definition) is 4. The molecule has 2 amide bonds. The largest absolute Gasteiger partial charge is 0.368 e. The zero-order chi connectivity index (χ0) is 28.1. The topological polar surface area (TPSA) is 69.9 Å². The minimum absolute atomic E-state index is 0. The van der Waals surface area contributed by atoms with Crippen molar-refractivity contribution < 1.29 is 9.59 Å². The summed E-state index contributed by atoms with van der Waals surface area (Å²) in [4.78, 5) is 33.3. The molecule has 2 N–H and O–H groups in total. The molecule has 3 saturated heterocycles. The number of hydrogen-bond donors (Lipinski definition) is 1. The van der Waals surface area contributed by atoms with Gasteiger partial charge in [-0.1, -0.05) is 53.9 Å². The van der Waals surface area contributed by atoms with Gasteiger partial charge < -0.3 is 15.5 Å². The molecule has 232 valence electrons. The van der Waals surface area contributed by atoms with E-state index < -0.39 is 5.54 Å². The van der Waals surface area contributed by atoms with Crippen molar-refractivity contribution >= 4 is 59.8 Å². The second kappa shape index (κ2) is 16.0. The lowest BCUT2D eigenvalue weighted by molar-refractivity contribution is -0.135. The molecule has 0 radical (unpaired) electrons. The van der Waals surface area contributed by atoms with Crippen LogP contribution in [0, 0.1) is 0 Å². The SMILES string of the molecule is Cl.Cl.NC(=O)C1(N2CCCCC2)CCN(CCCC2C(c3ccc(Cl)c(Cl)c3)CCCN2C(=O)c2ccccc2)CC1. The van der Waals surface area contributed by atoms with Crippen LogP contribution in [0.4, 0.5) is 0 Å². The van der Waals surface area contributed by atoms with Gasteiger partial charge in [-0.05, 0) is 101 Å². The van der Waals surface area contributed by atoms with Crippen LogP contribution in [0.3, 0.4) is 0 Å². The molecule has 6 nitrogen and oxygen atoms in total. The van der Waals surface area contributed by atoms with Crippen molar-refractivity contribution in [3.8, 4) is 0 Å². The fourth-order valence-corrected chi connectivity index (χ4v) is 7.56. The van der Waals surface area contributed by atoms with Gasteiger partial charge in [0.1, 0.15) is 5.54 Å². The summed E-state index contributed by atoms with van der Waals surface area (Å²) in [7, 11) is 0. The summed E-state index contributed by atoms with van der Waals surface area (Å²) < 4.78 is 0. The van der Waals surface area contributed by atoms with E-state index >= 15 is 0 Å². The van der Waals surface area contributed by atoms with Gasteiger partial charge in [-0.25, -0.2) is 0 Å². The first-order valence-electron chi connectivity index (χ1n) is 15.0. The third-order valence-electron chi connectivity index (χ3n) is 9.51. The molecular weight excluding hydrogens is 614 g/mol. The van der Waals surface area contributed by atoms with Crippen LogP contribution in [-0.2, 0) is 4.79 Å². The number of halogens is 4. The Labute approximate surface area is 273 Å². The number of amides is 2. The number of piperidine rings is 3. The second-order valence-corrected chi connectivity index (χ2v) is 12.6. The van der Waals surface area contributed by atoms with Crippen molar-refractivity contribution in [1.82, 2.24) is 14.7 Å². The van der Waals surface area contributed by atoms with Gasteiger partial charge >= 0.3 is 0 Å². The maximum Gasteiger partial charge on any atom is 0.254 e. The van der Waals surface area contributed by atoms with Crippen LogP contribution in [-0.4, -0.2) is 77.4 Å². The van der Waals surface area contributed by atoms with Crippen molar-refractivity contribution in [1.29, 1.82) is 0 Å². The molecule has 42 heavy (non-hydrogen) atoms. The number of carbonyl (C=O) groups excluding carboxylic acids is 2. The Kier molecular flexibility index (Phi) is 13.3. The molecule has 3 fully saturated rings. The van der Waals surface area contributed by atoms with Crippen molar-refractivity contribution in [3.63, 3.8) is 0 Å². The molecule has 0 aromatic heterocycles. The highest BCUT2D eigenvalue weighted by atomic mass is 35.5. The molecule has 3 aliphatic rings. The monoisotopic (exact) mass is 656 g/mol. The first kappa shape index (κ1) is 34.9. The van der Waals surface area contributed by atoms with E-state index in [1.807, 2.05) is 42.5 Å². The van der Waals surface area contributed by atoms with Crippen LogP contribution in [0.25, 0.3) is 0 Å². The summed E-state index contributed by atoms with van der Waals surface area (Å²) in [5.74, 6) is 0.149. The van der Waals surface area contributed by atoms with Crippen molar-refractivity contribution in [3.05, 3.63) is 69.7 Å². The Bertz CT molecular complexity index is 1170. The average Bonchev–Trinajstić information content (AvgIpc) is 2.99. The van der Waals surface area contributed by atoms with E-state index in [-0.39, 0.29) is 48.6 Å². The lowest BCUT2D eigenvalue weighted by Crippen LogP contribution is -2.63. The van der Waals surface area contributed by atoms with Gasteiger partial charge in [0.25, 0.3) is 5.91 Å². The highest BCUT2D eigenvalue weighted by Gasteiger charge is 2.45. The summed E-state index contributed by atoms with van der Waals surface area (Å²) in [6, 6.07) is 15.6. The van der Waals surface area contributed by atoms with E-state index in [1.54, 1.807) is 0 Å². The predicted molar refractivity (Wildman–Crippen MR) is 176 cm³/mol. The molecule has 2 atom stereocenters. The summed E-state index contributed by atoms with van der Waals surface area (Å²) in [6.07, 6.45) is 9.01. The van der Waals surface area contributed by atoms with Crippen LogP contribution in [0.15, 0.2) is 48.5 Å². The Morgan fingerprint density at radius 1 is 0.857 bits per heavy atom. The van der Waals surface area contributed by atoms with Gasteiger partial charge in [0.15, 0.2) is 0 Å². The van der Waals surface area contributed by atoms with E-state index in [2.05, 4.69) is 20.8 Å². The molecule has 3 aliphatic heterocycles. The van der Waals surface area contributed by atoms with Gasteiger partial charge in [0, 0.05) is 37.2 Å². The van der Waals surface area contributed by atoms with Crippen molar-refractivity contribution in [2.75, 3.05) is 39.3 Å². The normalized spacial score (nSPS) is 23.0. The number of benzene rings is 2. The van der Waals surface area contributed by atoms with E-state index in [0.29, 0.717) is 10.0 Å². The van der Waals surface area contributed by atoms with Gasteiger partial charge in [0.2, 0.25) is 5.91 Å². The molecule has 2 unspecified atom stereocenters. The fraction of sp³-hybridized carbons (Fsp3) is 0.562. The van der Waals surface area contributed by atoms with E-state index in [0.717, 1.165) is 102 Å². The highest BCUT2D eigenvalue weighted by molar-refractivity contribution is 6.42. The van der Waals surface area contributed by atoms with Gasteiger partial charge in [-0.2, -0.15) is 0 Å². The van der Waals surface area contributed by atoms with Gasteiger partial charge in [-0.3, -0.25) is 14.5 Å². The zero-order valence-electron chi connectivity index (χ0n) is 24.2. The minimum Gasteiger partial charge on any atom is -0.368 e. The van der Waals surface area contributed by atoms with Crippen molar-refractivity contribution in [2.24, 2.45) is 5.73 Å². The summed E-state index contributed by atoms with van der Waals surface area (Å²) >= 11 is 12.7. The molecular formula is C32H44Cl4N4O2. The third kappa shape index (κ3) is 7.75. The maximum atomic E-state index is 13.7. The summed E-state index contributed by atoms with van der Waals surface area (Å²) in [5, 5.41) is 1.11. The lowest BCUT2D eigenvalue weighted by atomic mass is 9.80. The molecule has 0 saturated carbocycles. The maximum absolute atomic E-state index is 13.7. The Morgan fingerprint density at radius 2 is 1.55 bits per heavy atom. The number of rotatable bonds is 8. The fourth-order valence-electron chi connectivity index (χ4n) is 7.26. The Balaban J connectivity index is 0.00000242. The zero-order valence-corrected chi connectivity index (χ0v) is 27.3. The van der Waals surface area contributed by atoms with E-state index in [4.69, 9.17) is 28.9 Å². The van der Waals surface area contributed by atoms with Crippen LogP contribution < -0.4 is 5.73 Å². The van der Waals surface area contributed by atoms with Crippen LogP contribution in [0.5, 0.6) is 0 Å². The number of likely N-dealkylation sites (tertiary alicyclic amines) is 3. The smallest absolute Gasteiger partial charge is 0.254 e. The average molecular weight is 659 g/mol. The van der Waals surface area contributed by atoms with Crippen LogP contribution >= 0.6 is 48.0 Å². The molecule has 0 spiro atoms. The summed E-state index contributed by atoms with van der Waals surface area (Å²) in [6.45, 7) is 5.43. The lowest BCUT2D eigenvalue weighted by Gasteiger charge is -2.48. The summed E-state index contributed by atoms with van der Waals surface area (Å²) in [5.41, 5.74) is 7.40.